The maximum atomic E-state index is 14.9. The molecule has 1 unspecified atom stereocenters. The molecule has 1 fully saturated rings. The van der Waals surface area contributed by atoms with E-state index in [0.29, 0.717) is 51.3 Å². The molecule has 1 aliphatic carbocycles. The van der Waals surface area contributed by atoms with Crippen LogP contribution in [0.25, 0.3) is 22.4 Å². The normalized spacial score (nSPS) is 19.2. The fourth-order valence-electron chi connectivity index (χ4n) is 4.98. The SMILES string of the molecule is COC(c1ccccc1F)c1nc2nc(Cl)nc(-c3cncc(Cl)c3)c2n1C[C@H]1CC[C@H](C)CC1. The number of halogens is 3. The molecule has 1 atom stereocenters. The second-order valence-electron chi connectivity index (χ2n) is 9.25. The summed E-state index contributed by atoms with van der Waals surface area (Å²) in [5, 5.41) is 0.550. The van der Waals surface area contributed by atoms with E-state index in [0.717, 1.165) is 18.8 Å². The first kappa shape index (κ1) is 24.1. The highest BCUT2D eigenvalue weighted by atomic mass is 35.5. The molecule has 35 heavy (non-hydrogen) atoms. The molecule has 1 aliphatic rings. The maximum Gasteiger partial charge on any atom is 0.225 e. The van der Waals surface area contributed by atoms with Crippen molar-refractivity contribution < 1.29 is 9.13 Å². The average Bonchev–Trinajstić information content (AvgIpc) is 3.19. The van der Waals surface area contributed by atoms with Gasteiger partial charge in [0.25, 0.3) is 0 Å². The number of pyridine rings is 1. The number of methoxy groups -OCH3 is 1. The van der Waals surface area contributed by atoms with Crippen molar-refractivity contribution in [3.8, 4) is 11.3 Å². The molecule has 0 N–H and O–H groups in total. The lowest BCUT2D eigenvalue weighted by Gasteiger charge is -2.28. The molecular weight excluding hydrogens is 488 g/mol. The molecule has 5 rings (SSSR count). The molecule has 1 saturated carbocycles. The van der Waals surface area contributed by atoms with Crippen LogP contribution in [0, 0.1) is 17.7 Å². The Bertz CT molecular complexity index is 1350. The molecule has 0 bridgehead atoms. The Kier molecular flexibility index (Phi) is 7.00. The van der Waals surface area contributed by atoms with Crippen molar-refractivity contribution in [1.82, 2.24) is 24.5 Å². The Labute approximate surface area is 213 Å². The van der Waals surface area contributed by atoms with Crippen molar-refractivity contribution in [3.05, 3.63) is 70.2 Å². The predicted molar refractivity (Wildman–Crippen MR) is 135 cm³/mol. The van der Waals surface area contributed by atoms with Crippen molar-refractivity contribution >= 4 is 34.4 Å². The largest absolute Gasteiger partial charge is 0.369 e. The van der Waals surface area contributed by atoms with Gasteiger partial charge in [-0.1, -0.05) is 49.6 Å². The first-order chi connectivity index (χ1) is 16.9. The smallest absolute Gasteiger partial charge is 0.225 e. The summed E-state index contributed by atoms with van der Waals surface area (Å²) in [6.45, 7) is 2.99. The Balaban J connectivity index is 1.73. The van der Waals surface area contributed by atoms with Gasteiger partial charge in [0.2, 0.25) is 5.28 Å². The molecule has 0 saturated heterocycles. The zero-order valence-electron chi connectivity index (χ0n) is 19.6. The van der Waals surface area contributed by atoms with E-state index in [2.05, 4.69) is 26.4 Å². The molecule has 0 spiro atoms. The van der Waals surface area contributed by atoms with Gasteiger partial charge in [-0.05, 0) is 48.4 Å². The van der Waals surface area contributed by atoms with Gasteiger partial charge in [-0.25, -0.2) is 14.4 Å². The van der Waals surface area contributed by atoms with Crippen LogP contribution in [0.3, 0.4) is 0 Å². The summed E-state index contributed by atoms with van der Waals surface area (Å²) >= 11 is 12.6. The zero-order valence-corrected chi connectivity index (χ0v) is 21.1. The summed E-state index contributed by atoms with van der Waals surface area (Å²) in [7, 11) is 1.56. The van der Waals surface area contributed by atoms with Crippen LogP contribution in [0.15, 0.2) is 42.7 Å². The summed E-state index contributed by atoms with van der Waals surface area (Å²) < 4.78 is 22.8. The molecular formula is C26H26Cl2FN5O. The van der Waals surface area contributed by atoms with Gasteiger partial charge in [-0.15, -0.1) is 0 Å². The Hall–Kier alpha value is -2.61. The number of imidazole rings is 1. The van der Waals surface area contributed by atoms with Gasteiger partial charge in [0.05, 0.1) is 5.02 Å². The van der Waals surface area contributed by atoms with E-state index in [1.54, 1.807) is 43.8 Å². The van der Waals surface area contributed by atoms with Crippen LogP contribution in [0.1, 0.15) is 50.1 Å². The maximum absolute atomic E-state index is 14.9. The van der Waals surface area contributed by atoms with E-state index in [4.69, 9.17) is 32.9 Å². The van der Waals surface area contributed by atoms with Gasteiger partial charge < -0.3 is 9.30 Å². The number of ether oxygens (including phenoxy) is 1. The number of hydrogen-bond acceptors (Lipinski definition) is 5. The van der Waals surface area contributed by atoms with Gasteiger partial charge in [0.15, 0.2) is 5.65 Å². The summed E-state index contributed by atoms with van der Waals surface area (Å²) in [6.07, 6.45) is 7.11. The Morgan fingerprint density at radius 2 is 1.86 bits per heavy atom. The first-order valence-electron chi connectivity index (χ1n) is 11.8. The summed E-state index contributed by atoms with van der Waals surface area (Å²) in [5.41, 5.74) is 2.84. The molecule has 0 amide bonds. The summed E-state index contributed by atoms with van der Waals surface area (Å²) in [5.74, 6) is 1.39. The Morgan fingerprint density at radius 1 is 1.09 bits per heavy atom. The third-order valence-corrected chi connectivity index (χ3v) is 7.19. The second kappa shape index (κ2) is 10.2. The Morgan fingerprint density at radius 3 is 2.57 bits per heavy atom. The van der Waals surface area contributed by atoms with Crippen LogP contribution in [0.2, 0.25) is 10.3 Å². The van der Waals surface area contributed by atoms with Gasteiger partial charge in [0.1, 0.15) is 29.0 Å². The number of benzene rings is 1. The quantitative estimate of drug-likeness (QED) is 0.262. The minimum absolute atomic E-state index is 0.0648. The molecule has 182 valence electrons. The van der Waals surface area contributed by atoms with E-state index < -0.39 is 6.10 Å². The highest BCUT2D eigenvalue weighted by Gasteiger charge is 2.29. The van der Waals surface area contributed by atoms with Crippen LogP contribution in [-0.4, -0.2) is 31.6 Å². The number of aromatic nitrogens is 5. The molecule has 6 nitrogen and oxygen atoms in total. The van der Waals surface area contributed by atoms with E-state index in [9.17, 15) is 4.39 Å². The minimum Gasteiger partial charge on any atom is -0.369 e. The van der Waals surface area contributed by atoms with Crippen molar-refractivity contribution in [2.24, 2.45) is 11.8 Å². The molecule has 3 heterocycles. The van der Waals surface area contributed by atoms with Crippen molar-refractivity contribution in [2.45, 2.75) is 45.3 Å². The van der Waals surface area contributed by atoms with Crippen LogP contribution in [-0.2, 0) is 11.3 Å². The number of hydrogen-bond donors (Lipinski definition) is 0. The lowest BCUT2D eigenvalue weighted by molar-refractivity contribution is 0.121. The van der Waals surface area contributed by atoms with Gasteiger partial charge in [0, 0.05) is 37.2 Å². The van der Waals surface area contributed by atoms with E-state index in [1.807, 2.05) is 0 Å². The zero-order chi connectivity index (χ0) is 24.5. The lowest BCUT2D eigenvalue weighted by Crippen LogP contribution is -2.21. The predicted octanol–water partition coefficient (Wildman–Crippen LogP) is 6.90. The number of rotatable bonds is 6. The molecule has 0 aliphatic heterocycles. The van der Waals surface area contributed by atoms with Crippen LogP contribution >= 0.6 is 23.2 Å². The first-order valence-corrected chi connectivity index (χ1v) is 12.5. The van der Waals surface area contributed by atoms with Crippen molar-refractivity contribution in [1.29, 1.82) is 0 Å². The molecule has 1 aromatic carbocycles. The van der Waals surface area contributed by atoms with Gasteiger partial charge in [-0.3, -0.25) is 4.98 Å². The molecule has 9 heteroatoms. The lowest BCUT2D eigenvalue weighted by atomic mass is 9.83. The highest BCUT2D eigenvalue weighted by Crippen LogP contribution is 2.37. The van der Waals surface area contributed by atoms with E-state index >= 15 is 0 Å². The standard InChI is InChI=1S/C26H26Cl2FN5O/c1-15-7-9-16(10-8-15)14-34-22-21(17-11-18(27)13-30-12-17)31-26(28)33-24(22)32-25(34)23(35-2)19-5-3-4-6-20(19)29/h3-6,11-13,15-16,23H,7-10,14H2,1-2H3/t15-,16-,23?. The van der Waals surface area contributed by atoms with Gasteiger partial charge >= 0.3 is 0 Å². The van der Waals surface area contributed by atoms with E-state index in [1.165, 1.54) is 18.9 Å². The van der Waals surface area contributed by atoms with Crippen molar-refractivity contribution in [2.75, 3.05) is 7.11 Å². The fraction of sp³-hybridized carbons (Fsp3) is 0.385. The summed E-state index contributed by atoms with van der Waals surface area (Å²) in [6, 6.07) is 8.39. The number of fused-ring (bicyclic) bond motifs is 1. The third-order valence-electron chi connectivity index (χ3n) is 6.82. The summed E-state index contributed by atoms with van der Waals surface area (Å²) in [4.78, 5) is 18.0. The van der Waals surface area contributed by atoms with Crippen LogP contribution in [0.4, 0.5) is 4.39 Å². The molecule has 0 radical (unpaired) electrons. The van der Waals surface area contributed by atoms with Gasteiger partial charge in [-0.2, -0.15) is 4.98 Å². The van der Waals surface area contributed by atoms with Crippen LogP contribution in [0.5, 0.6) is 0 Å². The third kappa shape index (κ3) is 4.90. The second-order valence-corrected chi connectivity index (χ2v) is 10.0. The minimum atomic E-state index is -0.725. The highest BCUT2D eigenvalue weighted by molar-refractivity contribution is 6.30. The monoisotopic (exact) mass is 513 g/mol. The van der Waals surface area contributed by atoms with E-state index in [-0.39, 0.29) is 11.1 Å². The molecule has 4 aromatic rings. The average molecular weight is 514 g/mol. The molecule has 3 aromatic heterocycles. The van der Waals surface area contributed by atoms with Crippen LogP contribution < -0.4 is 0 Å². The van der Waals surface area contributed by atoms with Crippen molar-refractivity contribution in [3.63, 3.8) is 0 Å². The topological polar surface area (TPSA) is 65.7 Å². The fourth-order valence-corrected chi connectivity index (χ4v) is 5.32. The number of nitrogens with zero attached hydrogens (tertiary/aromatic N) is 5.